The maximum absolute atomic E-state index is 12.9. The summed E-state index contributed by atoms with van der Waals surface area (Å²) < 4.78 is 6.75. The fourth-order valence-electron chi connectivity index (χ4n) is 4.11. The Bertz CT molecular complexity index is 1240. The van der Waals surface area contributed by atoms with Crippen LogP contribution in [0.25, 0.3) is 11.4 Å². The minimum absolute atomic E-state index is 0.148. The molecule has 4 heterocycles. The molecule has 1 saturated heterocycles. The predicted molar refractivity (Wildman–Crippen MR) is 123 cm³/mol. The van der Waals surface area contributed by atoms with E-state index in [1.165, 1.54) is 4.68 Å². The minimum Gasteiger partial charge on any atom is -0.367 e. The van der Waals surface area contributed by atoms with Crippen molar-refractivity contribution < 1.29 is 9.32 Å². The monoisotopic (exact) mass is 468 g/mol. The molecule has 9 nitrogen and oxygen atoms in total. The molecule has 1 amide bonds. The molecule has 0 aromatic carbocycles. The van der Waals surface area contributed by atoms with Crippen LogP contribution in [0.4, 0.5) is 5.69 Å². The molecule has 10 heteroatoms. The second-order valence-corrected chi connectivity index (χ2v) is 9.41. The first-order chi connectivity index (χ1) is 15.8. The molecule has 1 aliphatic carbocycles. The summed E-state index contributed by atoms with van der Waals surface area (Å²) in [5.74, 6) is 0.857. The van der Waals surface area contributed by atoms with Crippen LogP contribution in [-0.4, -0.2) is 56.9 Å². The van der Waals surface area contributed by atoms with E-state index in [4.69, 9.17) is 16.1 Å². The summed E-state index contributed by atoms with van der Waals surface area (Å²) in [7, 11) is 0. The van der Waals surface area contributed by atoms with E-state index >= 15 is 0 Å². The Labute approximate surface area is 195 Å². The summed E-state index contributed by atoms with van der Waals surface area (Å²) in [5, 5.41) is 9.03. The van der Waals surface area contributed by atoms with Crippen LogP contribution in [0.15, 0.2) is 39.9 Å². The first-order valence-corrected chi connectivity index (χ1v) is 11.4. The first-order valence-electron chi connectivity index (χ1n) is 11.0. The average molecular weight is 469 g/mol. The molecule has 5 rings (SSSR count). The molecule has 3 aromatic heterocycles. The molecule has 0 atom stereocenters. The zero-order valence-electron chi connectivity index (χ0n) is 18.6. The van der Waals surface area contributed by atoms with Gasteiger partial charge in [0.1, 0.15) is 11.5 Å². The molecule has 1 saturated carbocycles. The molecule has 0 unspecified atom stereocenters. The minimum atomic E-state index is -0.216. The van der Waals surface area contributed by atoms with Gasteiger partial charge in [-0.15, -0.1) is 0 Å². The first kappa shape index (κ1) is 21.6. The third-order valence-electron chi connectivity index (χ3n) is 6.57. The van der Waals surface area contributed by atoms with Crippen molar-refractivity contribution in [2.75, 3.05) is 31.1 Å². The third-order valence-corrected chi connectivity index (χ3v) is 6.79. The number of carbonyl (C=O) groups is 1. The topological polar surface area (TPSA) is 97.4 Å². The highest BCUT2D eigenvalue weighted by molar-refractivity contribution is 6.30. The standard InChI is InChI=1S/C23H25ClN6O3/c1-15-18(21(27-33-15)19-4-3-16(24)12-25-19)14-30-20(31)11-17(13-26-30)28-7-9-29(10-8-28)22(32)23(2)5-6-23/h3-4,11-13H,5-10,14H2,1-2H3. The normalized spacial score (nSPS) is 17.3. The van der Waals surface area contributed by atoms with Gasteiger partial charge in [0.25, 0.3) is 5.56 Å². The smallest absolute Gasteiger partial charge is 0.269 e. The van der Waals surface area contributed by atoms with Crippen molar-refractivity contribution in [2.45, 2.75) is 33.2 Å². The highest BCUT2D eigenvalue weighted by atomic mass is 35.5. The van der Waals surface area contributed by atoms with Gasteiger partial charge in [-0.2, -0.15) is 5.10 Å². The SMILES string of the molecule is Cc1onc(-c2ccc(Cl)cn2)c1Cn1ncc(N2CCN(C(=O)C3(C)CC3)CC2)cc1=O. The zero-order chi connectivity index (χ0) is 23.2. The quantitative estimate of drug-likeness (QED) is 0.567. The number of aromatic nitrogens is 4. The summed E-state index contributed by atoms with van der Waals surface area (Å²) in [6.07, 6.45) is 5.21. The number of halogens is 1. The molecule has 3 aromatic rings. The number of anilines is 1. The lowest BCUT2D eigenvalue weighted by Gasteiger charge is -2.37. The number of amides is 1. The van der Waals surface area contributed by atoms with E-state index in [-0.39, 0.29) is 23.4 Å². The summed E-state index contributed by atoms with van der Waals surface area (Å²) in [6.45, 7) is 6.74. The van der Waals surface area contributed by atoms with Gasteiger partial charge in [0.2, 0.25) is 5.91 Å². The Hall–Kier alpha value is -3.20. The Morgan fingerprint density at radius 1 is 1.18 bits per heavy atom. The molecule has 0 bridgehead atoms. The van der Waals surface area contributed by atoms with Crippen LogP contribution in [0.3, 0.4) is 0 Å². The highest BCUT2D eigenvalue weighted by Gasteiger charge is 2.47. The number of piperazine rings is 1. The van der Waals surface area contributed by atoms with E-state index < -0.39 is 0 Å². The van der Waals surface area contributed by atoms with Crippen molar-refractivity contribution in [1.82, 2.24) is 24.8 Å². The van der Waals surface area contributed by atoms with E-state index in [2.05, 4.69) is 20.1 Å². The van der Waals surface area contributed by atoms with Gasteiger partial charge in [0.15, 0.2) is 0 Å². The van der Waals surface area contributed by atoms with Crippen molar-refractivity contribution in [1.29, 1.82) is 0 Å². The molecule has 33 heavy (non-hydrogen) atoms. The van der Waals surface area contributed by atoms with Gasteiger partial charge in [-0.05, 0) is 31.9 Å². The number of aryl methyl sites for hydroxylation is 1. The Morgan fingerprint density at radius 3 is 2.58 bits per heavy atom. The van der Waals surface area contributed by atoms with Crippen molar-refractivity contribution in [2.24, 2.45) is 5.41 Å². The van der Waals surface area contributed by atoms with Gasteiger partial charge < -0.3 is 14.3 Å². The number of hydrogen-bond donors (Lipinski definition) is 0. The van der Waals surface area contributed by atoms with Crippen LogP contribution >= 0.6 is 11.6 Å². The van der Waals surface area contributed by atoms with Crippen molar-refractivity contribution in [3.63, 3.8) is 0 Å². The number of hydrogen-bond acceptors (Lipinski definition) is 7. The van der Waals surface area contributed by atoms with Crippen LogP contribution in [0.5, 0.6) is 0 Å². The highest BCUT2D eigenvalue weighted by Crippen LogP contribution is 2.46. The summed E-state index contributed by atoms with van der Waals surface area (Å²) >= 11 is 5.93. The lowest BCUT2D eigenvalue weighted by Crippen LogP contribution is -2.50. The number of carbonyl (C=O) groups excluding carboxylic acids is 1. The van der Waals surface area contributed by atoms with Gasteiger partial charge in [0.05, 0.1) is 29.1 Å². The second kappa shape index (κ2) is 8.30. The van der Waals surface area contributed by atoms with Gasteiger partial charge >= 0.3 is 0 Å². The van der Waals surface area contributed by atoms with Crippen LogP contribution < -0.4 is 10.5 Å². The molecule has 1 aliphatic heterocycles. The van der Waals surface area contributed by atoms with E-state index in [1.54, 1.807) is 37.5 Å². The van der Waals surface area contributed by atoms with Gasteiger partial charge in [-0.1, -0.05) is 23.7 Å². The fourth-order valence-corrected chi connectivity index (χ4v) is 4.22. The van der Waals surface area contributed by atoms with E-state index in [0.717, 1.165) is 24.1 Å². The van der Waals surface area contributed by atoms with E-state index in [1.807, 2.05) is 11.8 Å². The number of pyridine rings is 1. The largest absolute Gasteiger partial charge is 0.367 e. The third kappa shape index (κ3) is 4.25. The predicted octanol–water partition coefficient (Wildman–Crippen LogP) is 2.75. The van der Waals surface area contributed by atoms with Crippen LogP contribution in [0.2, 0.25) is 5.02 Å². The summed E-state index contributed by atoms with van der Waals surface area (Å²) in [4.78, 5) is 33.8. The Kier molecular flexibility index (Phi) is 5.44. The second-order valence-electron chi connectivity index (χ2n) is 8.98. The number of nitrogens with zero attached hydrogens (tertiary/aromatic N) is 6. The van der Waals surface area contributed by atoms with Gasteiger partial charge in [-0.3, -0.25) is 14.6 Å². The molecule has 0 spiro atoms. The Morgan fingerprint density at radius 2 is 1.94 bits per heavy atom. The molecule has 2 fully saturated rings. The lowest BCUT2D eigenvalue weighted by molar-refractivity contribution is -0.136. The Balaban J connectivity index is 1.30. The molecule has 2 aliphatic rings. The maximum Gasteiger partial charge on any atom is 0.269 e. The number of rotatable bonds is 5. The summed E-state index contributed by atoms with van der Waals surface area (Å²) in [6, 6.07) is 5.08. The molecule has 0 radical (unpaired) electrons. The lowest BCUT2D eigenvalue weighted by atomic mass is 10.1. The van der Waals surface area contributed by atoms with Crippen molar-refractivity contribution in [3.05, 3.63) is 57.3 Å². The van der Waals surface area contributed by atoms with E-state index in [0.29, 0.717) is 48.3 Å². The average Bonchev–Trinajstić information content (AvgIpc) is 3.48. The van der Waals surface area contributed by atoms with E-state index in [9.17, 15) is 9.59 Å². The van der Waals surface area contributed by atoms with Crippen molar-refractivity contribution >= 4 is 23.2 Å². The molecular formula is C23H25ClN6O3. The molecule has 172 valence electrons. The maximum atomic E-state index is 12.9. The molecular weight excluding hydrogens is 444 g/mol. The summed E-state index contributed by atoms with van der Waals surface area (Å²) in [5.41, 5.74) is 2.32. The van der Waals surface area contributed by atoms with Crippen LogP contribution in [0.1, 0.15) is 31.1 Å². The molecule has 0 N–H and O–H groups in total. The van der Waals surface area contributed by atoms with Crippen molar-refractivity contribution in [3.8, 4) is 11.4 Å². The van der Waals surface area contributed by atoms with Gasteiger partial charge in [-0.25, -0.2) is 4.68 Å². The zero-order valence-corrected chi connectivity index (χ0v) is 19.4. The van der Waals surface area contributed by atoms with Gasteiger partial charge in [0, 0.05) is 49.4 Å². The van der Waals surface area contributed by atoms with Crippen LogP contribution in [-0.2, 0) is 11.3 Å². The fraction of sp³-hybridized carbons (Fsp3) is 0.435. The van der Waals surface area contributed by atoms with Crippen LogP contribution in [0, 0.1) is 12.3 Å².